The topological polar surface area (TPSA) is 139 Å². The van der Waals surface area contributed by atoms with E-state index in [2.05, 4.69) is 34.4 Å². The Hall–Kier alpha value is -3.62. The van der Waals surface area contributed by atoms with Gasteiger partial charge in [-0.05, 0) is 56.8 Å². The van der Waals surface area contributed by atoms with Crippen molar-refractivity contribution >= 4 is 29.2 Å². The van der Waals surface area contributed by atoms with Gasteiger partial charge in [-0.15, -0.1) is 0 Å². The third-order valence-corrected chi connectivity index (χ3v) is 5.36. The quantitative estimate of drug-likeness (QED) is 0.255. The fourth-order valence-electron chi connectivity index (χ4n) is 3.66. The number of amides is 2. The van der Waals surface area contributed by atoms with Crippen LogP contribution in [0.3, 0.4) is 0 Å². The zero-order valence-corrected chi connectivity index (χ0v) is 18.7. The molecule has 0 saturated carbocycles. The second-order valence-electron chi connectivity index (χ2n) is 7.26. The molecule has 10 heteroatoms. The van der Waals surface area contributed by atoms with Gasteiger partial charge in [0.15, 0.2) is 0 Å². The number of H-pyrrole nitrogens is 1. The SMILES string of the molecule is CCN(CC)CCNC(=O)c1c(C)[nH]c(/C=C2\C(=O)Nc3ccc(F)cc32)c1C.N=[N+]=N. The second-order valence-corrected chi connectivity index (χ2v) is 7.26. The number of aryl methyl sites for hydroxylation is 1. The molecule has 5 N–H and O–H groups in total. The molecule has 1 aromatic carbocycles. The first-order chi connectivity index (χ1) is 15.3. The van der Waals surface area contributed by atoms with Crippen LogP contribution in [0.5, 0.6) is 0 Å². The van der Waals surface area contributed by atoms with Crippen LogP contribution in [-0.4, -0.2) is 47.9 Å². The highest BCUT2D eigenvalue weighted by Crippen LogP contribution is 2.34. The molecule has 1 aliphatic heterocycles. The van der Waals surface area contributed by atoms with Gasteiger partial charge in [0.05, 0.1) is 11.1 Å². The molecule has 2 heterocycles. The van der Waals surface area contributed by atoms with Gasteiger partial charge in [-0.25, -0.2) is 4.39 Å². The molecule has 1 aliphatic rings. The first-order valence-electron chi connectivity index (χ1n) is 10.3. The summed E-state index contributed by atoms with van der Waals surface area (Å²) >= 11 is 0. The van der Waals surface area contributed by atoms with Gasteiger partial charge in [0.2, 0.25) is 4.91 Å². The Bertz CT molecular complexity index is 1060. The van der Waals surface area contributed by atoms with Crippen LogP contribution in [-0.2, 0) is 4.79 Å². The summed E-state index contributed by atoms with van der Waals surface area (Å²) in [6, 6.07) is 4.20. The van der Waals surface area contributed by atoms with Crippen LogP contribution < -0.4 is 15.5 Å². The van der Waals surface area contributed by atoms with Gasteiger partial charge in [0.25, 0.3) is 11.8 Å². The number of carbonyl (C=O) groups is 2. The van der Waals surface area contributed by atoms with Crippen LogP contribution in [0.1, 0.15) is 46.7 Å². The van der Waals surface area contributed by atoms with Crippen molar-refractivity contribution in [2.75, 3.05) is 31.5 Å². The molecular weight excluding hydrogens is 413 g/mol. The molecule has 0 saturated heterocycles. The number of aromatic amines is 1. The smallest absolute Gasteiger partial charge is 0.256 e. The maximum atomic E-state index is 13.7. The predicted molar refractivity (Wildman–Crippen MR) is 121 cm³/mol. The number of rotatable bonds is 7. The number of nitrogens with zero attached hydrogens (tertiary/aromatic N) is 2. The van der Waals surface area contributed by atoms with Crippen LogP contribution in [0.4, 0.5) is 10.1 Å². The van der Waals surface area contributed by atoms with Crippen molar-refractivity contribution in [2.45, 2.75) is 27.7 Å². The molecule has 0 atom stereocenters. The van der Waals surface area contributed by atoms with Crippen LogP contribution in [0.15, 0.2) is 18.2 Å². The highest BCUT2D eigenvalue weighted by molar-refractivity contribution is 6.34. The predicted octanol–water partition coefficient (Wildman–Crippen LogP) is 3.45. The van der Waals surface area contributed by atoms with E-state index in [-0.39, 0.29) is 11.8 Å². The number of hydrogen-bond acceptors (Lipinski definition) is 5. The lowest BCUT2D eigenvalue weighted by Gasteiger charge is -2.18. The molecule has 0 fully saturated rings. The maximum absolute atomic E-state index is 13.7. The first-order valence-corrected chi connectivity index (χ1v) is 10.3. The highest BCUT2D eigenvalue weighted by Gasteiger charge is 2.26. The average molecular weight is 443 g/mol. The van der Waals surface area contributed by atoms with Gasteiger partial charge in [-0.1, -0.05) is 13.8 Å². The fourth-order valence-corrected chi connectivity index (χ4v) is 3.66. The Morgan fingerprint density at radius 3 is 2.53 bits per heavy atom. The Kier molecular flexibility index (Phi) is 8.57. The third kappa shape index (κ3) is 5.54. The summed E-state index contributed by atoms with van der Waals surface area (Å²) < 4.78 is 13.7. The van der Waals surface area contributed by atoms with Gasteiger partial charge in [0.1, 0.15) is 16.9 Å². The number of anilines is 1. The molecule has 3 rings (SSSR count). The number of carbonyl (C=O) groups excluding carboxylic acids is 2. The summed E-state index contributed by atoms with van der Waals surface area (Å²) in [6.07, 6.45) is 1.68. The maximum Gasteiger partial charge on any atom is 0.256 e. The van der Waals surface area contributed by atoms with Crippen LogP contribution >= 0.6 is 0 Å². The Balaban J connectivity index is 0.00000114. The molecule has 9 nitrogen and oxygen atoms in total. The van der Waals surface area contributed by atoms with E-state index in [0.717, 1.165) is 30.9 Å². The van der Waals surface area contributed by atoms with E-state index in [1.54, 1.807) is 12.1 Å². The lowest BCUT2D eigenvalue weighted by Crippen LogP contribution is -2.35. The van der Waals surface area contributed by atoms with E-state index in [1.165, 1.54) is 12.1 Å². The third-order valence-electron chi connectivity index (χ3n) is 5.36. The van der Waals surface area contributed by atoms with E-state index in [9.17, 15) is 14.0 Å². The molecule has 0 radical (unpaired) electrons. The van der Waals surface area contributed by atoms with Crippen LogP contribution in [0.2, 0.25) is 0 Å². The van der Waals surface area contributed by atoms with Gasteiger partial charge in [-0.3, -0.25) is 9.59 Å². The minimum atomic E-state index is -0.404. The lowest BCUT2D eigenvalue weighted by atomic mass is 10.0. The minimum absolute atomic E-state index is 0.143. The fraction of sp³-hybridized carbons (Fsp3) is 0.364. The molecule has 2 amide bonds. The normalized spacial score (nSPS) is 13.3. The zero-order chi connectivity index (χ0) is 23.8. The van der Waals surface area contributed by atoms with E-state index in [1.807, 2.05) is 18.8 Å². The van der Waals surface area contributed by atoms with E-state index in [0.29, 0.717) is 34.6 Å². The van der Waals surface area contributed by atoms with Gasteiger partial charge in [0, 0.05) is 35.7 Å². The standard InChI is InChI=1S/C22H27FN4O2.H2N3/c1-5-27(6-2)10-9-24-22(29)20-13(3)19(25-14(20)4)12-17-16-11-15(23)7-8-18(16)26-21(17)28;1-3-2/h7-8,11-12,25H,5-6,9-10H2,1-4H3,(H,24,29)(H,26,28);1-2H/q;+1/b17-12-;. The van der Waals surface area contributed by atoms with Gasteiger partial charge >= 0.3 is 0 Å². The molecule has 1 aromatic heterocycles. The summed E-state index contributed by atoms with van der Waals surface area (Å²) in [5.74, 6) is -0.836. The summed E-state index contributed by atoms with van der Waals surface area (Å²) in [4.78, 5) is 32.5. The monoisotopic (exact) mass is 442 g/mol. The van der Waals surface area contributed by atoms with E-state index >= 15 is 0 Å². The van der Waals surface area contributed by atoms with Crippen molar-refractivity contribution in [1.29, 1.82) is 11.1 Å². The van der Waals surface area contributed by atoms with Gasteiger partial charge in [-0.2, -0.15) is 0 Å². The molecule has 170 valence electrons. The zero-order valence-electron chi connectivity index (χ0n) is 18.7. The Labute approximate surface area is 186 Å². The Morgan fingerprint density at radius 1 is 1.25 bits per heavy atom. The minimum Gasteiger partial charge on any atom is -0.358 e. The Morgan fingerprint density at radius 2 is 1.91 bits per heavy atom. The van der Waals surface area contributed by atoms with Crippen molar-refractivity contribution < 1.29 is 14.0 Å². The van der Waals surface area contributed by atoms with Crippen LogP contribution in [0, 0.1) is 30.7 Å². The number of hydrogen-bond donors (Lipinski definition) is 5. The molecular formula is C22H29FN7O2+. The molecule has 0 spiro atoms. The van der Waals surface area contributed by atoms with E-state index in [4.69, 9.17) is 11.1 Å². The highest BCUT2D eigenvalue weighted by atomic mass is 19.1. The number of nitrogens with one attached hydrogen (secondary N) is 5. The summed E-state index contributed by atoms with van der Waals surface area (Å²) in [5, 5.41) is 5.70. The molecule has 0 bridgehead atoms. The average Bonchev–Trinajstić information content (AvgIpc) is 3.21. The number of aromatic nitrogens is 1. The molecule has 0 aliphatic carbocycles. The number of fused-ring (bicyclic) bond motifs is 1. The van der Waals surface area contributed by atoms with Gasteiger partial charge < -0.3 is 20.5 Å². The van der Waals surface area contributed by atoms with Crippen LogP contribution in [0.25, 0.3) is 11.6 Å². The van der Waals surface area contributed by atoms with Crippen molar-refractivity contribution in [3.8, 4) is 0 Å². The largest absolute Gasteiger partial charge is 0.358 e. The summed E-state index contributed by atoms with van der Waals surface area (Å²) in [7, 11) is 0. The summed E-state index contributed by atoms with van der Waals surface area (Å²) in [5.41, 5.74) is 15.2. The van der Waals surface area contributed by atoms with Crippen molar-refractivity contribution in [2.24, 2.45) is 0 Å². The van der Waals surface area contributed by atoms with Crippen molar-refractivity contribution in [1.82, 2.24) is 20.1 Å². The molecule has 32 heavy (non-hydrogen) atoms. The lowest BCUT2D eigenvalue weighted by molar-refractivity contribution is -0.110. The van der Waals surface area contributed by atoms with E-state index < -0.39 is 5.82 Å². The number of likely N-dealkylation sites (N-methyl/N-ethyl adjacent to an activating group) is 1. The summed E-state index contributed by atoms with van der Waals surface area (Å²) in [6.45, 7) is 11.1. The molecule has 0 unspecified atom stereocenters. The number of halogens is 1. The first kappa shape index (κ1) is 24.6. The van der Waals surface area contributed by atoms with Crippen molar-refractivity contribution in [3.05, 3.63) is 52.1 Å². The second kappa shape index (κ2) is 11.1. The number of benzene rings is 1. The van der Waals surface area contributed by atoms with Crippen molar-refractivity contribution in [3.63, 3.8) is 0 Å². The molecule has 2 aromatic rings.